The van der Waals surface area contributed by atoms with Gasteiger partial charge in [-0.1, -0.05) is 20.8 Å². The molecule has 1 unspecified atom stereocenters. The lowest BCUT2D eigenvalue weighted by atomic mass is 9.81. The molecule has 1 rings (SSSR count). The number of nitrogens with zero attached hydrogens (tertiary/aromatic N) is 1. The van der Waals surface area contributed by atoms with E-state index < -0.39 is 11.3 Å². The Morgan fingerprint density at radius 2 is 1.86 bits per heavy atom. The van der Waals surface area contributed by atoms with E-state index in [1.807, 2.05) is 0 Å². The van der Waals surface area contributed by atoms with Crippen LogP contribution in [0.3, 0.4) is 0 Å². The molecule has 1 aliphatic heterocycles. The molecule has 14 heavy (non-hydrogen) atoms. The summed E-state index contributed by atoms with van der Waals surface area (Å²) in [5, 5.41) is 0. The summed E-state index contributed by atoms with van der Waals surface area (Å²) in [4.78, 5) is 0. The number of rotatable bonds is 2. The van der Waals surface area contributed by atoms with Crippen molar-refractivity contribution in [3.63, 3.8) is 0 Å². The molecule has 1 fully saturated rings. The molecule has 4 heteroatoms. The summed E-state index contributed by atoms with van der Waals surface area (Å²) in [6.07, 6.45) is 3.34. The fourth-order valence-electron chi connectivity index (χ4n) is 2.14. The van der Waals surface area contributed by atoms with Crippen LogP contribution in [-0.4, -0.2) is 26.2 Å². The van der Waals surface area contributed by atoms with Crippen molar-refractivity contribution < 1.29 is 8.76 Å². The van der Waals surface area contributed by atoms with Crippen LogP contribution < -0.4 is 0 Å². The molecule has 0 aromatic heterocycles. The summed E-state index contributed by atoms with van der Waals surface area (Å²) in [6, 6.07) is 0. The lowest BCUT2D eigenvalue weighted by Crippen LogP contribution is -2.35. The highest BCUT2D eigenvalue weighted by atomic mass is 32.2. The molecule has 1 heterocycles. The van der Waals surface area contributed by atoms with Crippen LogP contribution in [0, 0.1) is 11.3 Å². The SMILES string of the molecule is CC(C)(C)CC1CCN(S(=O)O)CC1. The average Bonchev–Trinajstić information content (AvgIpc) is 2.02. The first-order chi connectivity index (χ1) is 6.38. The van der Waals surface area contributed by atoms with Gasteiger partial charge in [-0.05, 0) is 30.6 Å². The molecular weight excluding hydrogens is 198 g/mol. The van der Waals surface area contributed by atoms with E-state index in [9.17, 15) is 4.21 Å². The molecule has 0 aliphatic carbocycles. The van der Waals surface area contributed by atoms with Crippen LogP contribution in [0.25, 0.3) is 0 Å². The Hall–Kier alpha value is 0.0700. The van der Waals surface area contributed by atoms with Gasteiger partial charge in [-0.15, -0.1) is 0 Å². The molecule has 84 valence electrons. The lowest BCUT2D eigenvalue weighted by Gasteiger charge is -2.32. The van der Waals surface area contributed by atoms with Gasteiger partial charge in [0.2, 0.25) is 11.3 Å². The van der Waals surface area contributed by atoms with Crippen LogP contribution >= 0.6 is 0 Å². The van der Waals surface area contributed by atoms with Crippen molar-refractivity contribution in [2.75, 3.05) is 13.1 Å². The number of piperidine rings is 1. The van der Waals surface area contributed by atoms with Crippen molar-refractivity contribution in [1.82, 2.24) is 4.31 Å². The maximum absolute atomic E-state index is 10.8. The summed E-state index contributed by atoms with van der Waals surface area (Å²) in [6.45, 7) is 8.30. The van der Waals surface area contributed by atoms with E-state index in [0.717, 1.165) is 31.8 Å². The van der Waals surface area contributed by atoms with Crippen LogP contribution in [-0.2, 0) is 11.3 Å². The average molecular weight is 219 g/mol. The van der Waals surface area contributed by atoms with Gasteiger partial charge in [0, 0.05) is 13.1 Å². The van der Waals surface area contributed by atoms with E-state index >= 15 is 0 Å². The Bertz CT molecular complexity index is 205. The zero-order chi connectivity index (χ0) is 10.8. The minimum absolute atomic E-state index is 0.380. The van der Waals surface area contributed by atoms with Crippen LogP contribution in [0.15, 0.2) is 0 Å². The van der Waals surface area contributed by atoms with Crippen molar-refractivity contribution in [2.24, 2.45) is 11.3 Å². The Kier molecular flexibility index (Phi) is 4.10. The molecule has 1 aliphatic rings. The Morgan fingerprint density at radius 1 is 1.36 bits per heavy atom. The number of hydrogen-bond donors (Lipinski definition) is 1. The maximum atomic E-state index is 10.8. The van der Waals surface area contributed by atoms with Gasteiger partial charge in [0.25, 0.3) is 0 Å². The quantitative estimate of drug-likeness (QED) is 0.724. The highest BCUT2D eigenvalue weighted by molar-refractivity contribution is 7.76. The summed E-state index contributed by atoms with van der Waals surface area (Å²) >= 11 is -1.76. The molecule has 0 amide bonds. The molecule has 3 nitrogen and oxygen atoms in total. The van der Waals surface area contributed by atoms with Crippen molar-refractivity contribution in [2.45, 2.75) is 40.0 Å². The largest absolute Gasteiger partial charge is 0.294 e. The topological polar surface area (TPSA) is 40.5 Å². The van der Waals surface area contributed by atoms with Crippen molar-refractivity contribution in [3.05, 3.63) is 0 Å². The molecule has 0 saturated carbocycles. The Balaban J connectivity index is 2.33. The van der Waals surface area contributed by atoms with Crippen molar-refractivity contribution >= 4 is 11.3 Å². The first-order valence-electron chi connectivity index (χ1n) is 5.24. The lowest BCUT2D eigenvalue weighted by molar-refractivity contribution is 0.206. The summed E-state index contributed by atoms with van der Waals surface area (Å²) in [5.41, 5.74) is 0.380. The minimum Gasteiger partial charge on any atom is -0.294 e. The third kappa shape index (κ3) is 4.07. The van der Waals surface area contributed by atoms with E-state index in [1.165, 1.54) is 6.42 Å². The molecular formula is C10H21NO2S. The van der Waals surface area contributed by atoms with Crippen LogP contribution in [0.4, 0.5) is 0 Å². The van der Waals surface area contributed by atoms with Crippen LogP contribution in [0.5, 0.6) is 0 Å². The predicted octanol–water partition coefficient (Wildman–Crippen LogP) is 2.27. The van der Waals surface area contributed by atoms with Gasteiger partial charge in [-0.3, -0.25) is 4.55 Å². The second-order valence-electron chi connectivity index (χ2n) is 5.37. The van der Waals surface area contributed by atoms with Gasteiger partial charge in [0.1, 0.15) is 0 Å². The molecule has 1 atom stereocenters. The highest BCUT2D eigenvalue weighted by Gasteiger charge is 2.25. The van der Waals surface area contributed by atoms with Crippen LogP contribution in [0.1, 0.15) is 40.0 Å². The van der Waals surface area contributed by atoms with E-state index in [0.29, 0.717) is 5.41 Å². The summed E-state index contributed by atoms with van der Waals surface area (Å²) < 4.78 is 21.3. The number of hydrogen-bond acceptors (Lipinski definition) is 1. The second-order valence-corrected chi connectivity index (χ2v) is 6.35. The molecule has 0 spiro atoms. The minimum atomic E-state index is -1.76. The first kappa shape index (κ1) is 12.1. The molecule has 0 radical (unpaired) electrons. The Morgan fingerprint density at radius 3 is 2.21 bits per heavy atom. The van der Waals surface area contributed by atoms with Crippen molar-refractivity contribution in [1.29, 1.82) is 0 Å². The normalized spacial score (nSPS) is 23.7. The molecule has 1 N–H and O–H groups in total. The maximum Gasteiger partial charge on any atom is 0.234 e. The fourth-order valence-corrected chi connectivity index (χ4v) is 2.66. The van der Waals surface area contributed by atoms with E-state index in [2.05, 4.69) is 20.8 Å². The van der Waals surface area contributed by atoms with Gasteiger partial charge >= 0.3 is 0 Å². The van der Waals surface area contributed by atoms with E-state index in [1.54, 1.807) is 4.31 Å². The van der Waals surface area contributed by atoms with Gasteiger partial charge in [-0.25, -0.2) is 8.51 Å². The van der Waals surface area contributed by atoms with Gasteiger partial charge in [-0.2, -0.15) is 0 Å². The summed E-state index contributed by atoms with van der Waals surface area (Å²) in [5.74, 6) is 0.731. The first-order valence-corrected chi connectivity index (χ1v) is 6.31. The third-order valence-electron chi connectivity index (χ3n) is 2.70. The summed E-state index contributed by atoms with van der Waals surface area (Å²) in [7, 11) is 0. The molecule has 0 aromatic rings. The fraction of sp³-hybridized carbons (Fsp3) is 1.00. The molecule has 1 saturated heterocycles. The van der Waals surface area contributed by atoms with Gasteiger partial charge in [0.05, 0.1) is 0 Å². The van der Waals surface area contributed by atoms with Crippen molar-refractivity contribution in [3.8, 4) is 0 Å². The van der Waals surface area contributed by atoms with Gasteiger partial charge < -0.3 is 0 Å². The monoisotopic (exact) mass is 219 g/mol. The van der Waals surface area contributed by atoms with E-state index in [-0.39, 0.29) is 0 Å². The standard InChI is InChI=1S/C10H21NO2S/c1-10(2,3)8-9-4-6-11(7-5-9)14(12)13/h9H,4-8H2,1-3H3,(H,12,13). The highest BCUT2D eigenvalue weighted by Crippen LogP contribution is 2.30. The van der Waals surface area contributed by atoms with Crippen LogP contribution in [0.2, 0.25) is 0 Å². The zero-order valence-corrected chi connectivity index (χ0v) is 10.1. The zero-order valence-electron chi connectivity index (χ0n) is 9.32. The van der Waals surface area contributed by atoms with E-state index in [4.69, 9.17) is 4.55 Å². The smallest absolute Gasteiger partial charge is 0.234 e. The Labute approximate surface area is 89.3 Å². The molecule has 0 bridgehead atoms. The molecule has 0 aromatic carbocycles. The van der Waals surface area contributed by atoms with Gasteiger partial charge in [0.15, 0.2) is 0 Å². The third-order valence-corrected chi connectivity index (χ3v) is 3.50. The predicted molar refractivity (Wildman–Crippen MR) is 59.1 cm³/mol. The second kappa shape index (κ2) is 4.73.